The zero-order chi connectivity index (χ0) is 17.4. The lowest BCUT2D eigenvalue weighted by molar-refractivity contribution is 0.0926. The molecular weight excluding hydrogens is 328 g/mol. The van der Waals surface area contributed by atoms with E-state index in [0.717, 1.165) is 4.90 Å². The van der Waals surface area contributed by atoms with Gasteiger partial charge in [-0.2, -0.15) is 0 Å². The van der Waals surface area contributed by atoms with Crippen LogP contribution in [-0.2, 0) is 0 Å². The van der Waals surface area contributed by atoms with E-state index in [1.54, 1.807) is 30.3 Å². The van der Waals surface area contributed by atoms with E-state index in [-0.39, 0.29) is 10.7 Å². The number of nitrogens with two attached hydrogens (primary N) is 1. The molecule has 3 rings (SSSR count). The molecule has 2 amide bonds. The highest BCUT2D eigenvalue weighted by Crippen LogP contribution is 2.38. The number of hydrogen-bond acceptors (Lipinski definition) is 5. The highest BCUT2D eigenvalue weighted by Gasteiger charge is 2.38. The third kappa shape index (κ3) is 2.30. The van der Waals surface area contributed by atoms with Gasteiger partial charge in [-0.1, -0.05) is 24.4 Å². The summed E-state index contributed by atoms with van der Waals surface area (Å²) in [5, 5.41) is 0. The van der Waals surface area contributed by atoms with Crippen molar-refractivity contribution in [2.24, 2.45) is 5.73 Å². The maximum absolute atomic E-state index is 12.7. The number of thiocarbonyl (C=S) groups is 1. The summed E-state index contributed by atoms with van der Waals surface area (Å²) in [6, 6.07) is 9.70. The number of carbonyl (C=O) groups is 2. The number of fused-ring (bicyclic) bond motifs is 1. The molecule has 0 aliphatic carbocycles. The van der Waals surface area contributed by atoms with Crippen LogP contribution < -0.4 is 20.1 Å². The van der Waals surface area contributed by atoms with Crippen LogP contribution in [0.4, 0.5) is 5.69 Å². The Kier molecular flexibility index (Phi) is 3.94. The van der Waals surface area contributed by atoms with Crippen LogP contribution in [0.25, 0.3) is 0 Å². The lowest BCUT2D eigenvalue weighted by atomic mass is 10.1. The Labute approximate surface area is 143 Å². The number of benzene rings is 2. The lowest BCUT2D eigenvalue weighted by Crippen LogP contribution is -2.31. The van der Waals surface area contributed by atoms with Gasteiger partial charge in [-0.25, -0.2) is 4.90 Å². The molecule has 1 aliphatic rings. The van der Waals surface area contributed by atoms with Crippen LogP contribution >= 0.6 is 12.2 Å². The van der Waals surface area contributed by atoms with E-state index >= 15 is 0 Å². The minimum atomic E-state index is -0.430. The van der Waals surface area contributed by atoms with Crippen molar-refractivity contribution in [1.29, 1.82) is 0 Å². The van der Waals surface area contributed by atoms with Crippen LogP contribution in [0.1, 0.15) is 26.3 Å². The average molecular weight is 342 g/mol. The molecule has 0 atom stereocenters. The first-order chi connectivity index (χ1) is 11.5. The molecule has 24 heavy (non-hydrogen) atoms. The van der Waals surface area contributed by atoms with E-state index in [0.29, 0.717) is 28.2 Å². The molecule has 6 nitrogen and oxygen atoms in total. The van der Waals surface area contributed by atoms with Gasteiger partial charge in [-0.05, 0) is 18.2 Å². The fraction of sp³-hybridized carbons (Fsp3) is 0.118. The van der Waals surface area contributed by atoms with Gasteiger partial charge in [-0.15, -0.1) is 0 Å². The number of amides is 2. The molecule has 0 spiro atoms. The summed E-state index contributed by atoms with van der Waals surface area (Å²) in [7, 11) is 2.94. The molecule has 0 saturated heterocycles. The highest BCUT2D eigenvalue weighted by atomic mass is 32.1. The Hall–Kier alpha value is -2.93. The summed E-state index contributed by atoms with van der Waals surface area (Å²) in [5.74, 6) is -0.0923. The van der Waals surface area contributed by atoms with Gasteiger partial charge in [-0.3, -0.25) is 9.59 Å². The van der Waals surface area contributed by atoms with E-state index in [1.165, 1.54) is 20.3 Å². The molecule has 7 heteroatoms. The standard InChI is InChI=1S/C17H14N2O4S/c1-22-13-7-11(15(18)24)12(8-14(13)23-2)19-16(20)9-5-3-4-6-10(9)17(19)21/h3-8H,1-2H3,(H2,18,24). The average Bonchev–Trinajstić information content (AvgIpc) is 2.85. The number of hydrogen-bond donors (Lipinski definition) is 1. The summed E-state index contributed by atoms with van der Waals surface area (Å²) in [5.41, 5.74) is 7.09. The summed E-state index contributed by atoms with van der Waals surface area (Å²) >= 11 is 5.07. The molecule has 2 aromatic carbocycles. The normalized spacial score (nSPS) is 13.0. The van der Waals surface area contributed by atoms with Crippen LogP contribution in [0.15, 0.2) is 36.4 Å². The fourth-order valence-electron chi connectivity index (χ4n) is 2.66. The molecule has 0 bridgehead atoms. The van der Waals surface area contributed by atoms with Gasteiger partial charge in [0.15, 0.2) is 11.5 Å². The largest absolute Gasteiger partial charge is 0.493 e. The van der Waals surface area contributed by atoms with Crippen LogP contribution in [-0.4, -0.2) is 31.0 Å². The Morgan fingerprint density at radius 3 is 1.96 bits per heavy atom. The van der Waals surface area contributed by atoms with Crippen LogP contribution in [0, 0.1) is 0 Å². The number of nitrogens with zero attached hydrogens (tertiary/aromatic N) is 1. The third-order valence-electron chi connectivity index (χ3n) is 3.80. The number of carbonyl (C=O) groups excluding carboxylic acids is 2. The highest BCUT2D eigenvalue weighted by molar-refractivity contribution is 7.80. The minimum Gasteiger partial charge on any atom is -0.493 e. The molecule has 0 radical (unpaired) electrons. The van der Waals surface area contributed by atoms with Crippen LogP contribution in [0.2, 0.25) is 0 Å². The quantitative estimate of drug-likeness (QED) is 0.677. The topological polar surface area (TPSA) is 81.9 Å². The van der Waals surface area contributed by atoms with Crippen molar-refractivity contribution in [1.82, 2.24) is 0 Å². The van der Waals surface area contributed by atoms with Gasteiger partial charge in [0.1, 0.15) is 4.99 Å². The number of imide groups is 1. The maximum Gasteiger partial charge on any atom is 0.266 e. The van der Waals surface area contributed by atoms with Crippen LogP contribution in [0.3, 0.4) is 0 Å². The van der Waals surface area contributed by atoms with Crippen molar-refractivity contribution in [3.8, 4) is 11.5 Å². The van der Waals surface area contributed by atoms with Crippen LogP contribution in [0.5, 0.6) is 11.5 Å². The first kappa shape index (κ1) is 15.9. The minimum absolute atomic E-state index is 0.0440. The SMILES string of the molecule is COc1cc(C(N)=S)c(N2C(=O)c3ccccc3C2=O)cc1OC. The van der Waals surface area contributed by atoms with Crippen molar-refractivity contribution in [2.45, 2.75) is 0 Å². The molecule has 122 valence electrons. The molecule has 2 aromatic rings. The first-order valence-corrected chi connectivity index (χ1v) is 7.44. The van der Waals surface area contributed by atoms with Gasteiger partial charge >= 0.3 is 0 Å². The Morgan fingerprint density at radius 2 is 1.50 bits per heavy atom. The van der Waals surface area contributed by atoms with Crippen molar-refractivity contribution in [3.63, 3.8) is 0 Å². The molecule has 2 N–H and O–H groups in total. The van der Waals surface area contributed by atoms with Gasteiger partial charge in [0, 0.05) is 11.6 Å². The molecule has 1 aliphatic heterocycles. The summed E-state index contributed by atoms with van der Waals surface area (Å²) in [6.45, 7) is 0. The Bertz CT molecular complexity index is 844. The van der Waals surface area contributed by atoms with E-state index in [4.69, 9.17) is 27.4 Å². The predicted molar refractivity (Wildman–Crippen MR) is 93.0 cm³/mol. The molecule has 1 heterocycles. The molecular formula is C17H14N2O4S. The van der Waals surface area contributed by atoms with E-state index in [1.807, 2.05) is 0 Å². The second-order valence-electron chi connectivity index (χ2n) is 5.08. The maximum atomic E-state index is 12.7. The van der Waals surface area contributed by atoms with E-state index in [9.17, 15) is 9.59 Å². The zero-order valence-electron chi connectivity index (χ0n) is 13.0. The Morgan fingerprint density at radius 1 is 1.00 bits per heavy atom. The van der Waals surface area contributed by atoms with Crippen molar-refractivity contribution < 1.29 is 19.1 Å². The molecule has 0 unspecified atom stereocenters. The third-order valence-corrected chi connectivity index (χ3v) is 4.02. The summed E-state index contributed by atoms with van der Waals surface area (Å²) < 4.78 is 10.5. The van der Waals surface area contributed by atoms with Gasteiger partial charge in [0.2, 0.25) is 0 Å². The lowest BCUT2D eigenvalue weighted by Gasteiger charge is -2.20. The molecule has 0 saturated carbocycles. The van der Waals surface area contributed by atoms with Crippen molar-refractivity contribution in [3.05, 3.63) is 53.1 Å². The molecule has 0 fully saturated rings. The van der Waals surface area contributed by atoms with Gasteiger partial charge in [0.25, 0.3) is 11.8 Å². The second-order valence-corrected chi connectivity index (χ2v) is 5.52. The molecule has 0 aromatic heterocycles. The smallest absolute Gasteiger partial charge is 0.266 e. The second kappa shape index (κ2) is 5.93. The summed E-state index contributed by atoms with van der Waals surface area (Å²) in [6.07, 6.45) is 0. The van der Waals surface area contributed by atoms with E-state index < -0.39 is 11.8 Å². The first-order valence-electron chi connectivity index (χ1n) is 7.03. The number of rotatable bonds is 4. The number of anilines is 1. The van der Waals surface area contributed by atoms with E-state index in [2.05, 4.69) is 0 Å². The van der Waals surface area contributed by atoms with Gasteiger partial charge in [0.05, 0.1) is 31.0 Å². The monoisotopic (exact) mass is 342 g/mol. The fourth-order valence-corrected chi connectivity index (χ4v) is 2.82. The number of ether oxygens (including phenoxy) is 2. The predicted octanol–water partition coefficient (Wildman–Crippen LogP) is 2.14. The summed E-state index contributed by atoms with van der Waals surface area (Å²) in [4.78, 5) is 26.5. The number of methoxy groups -OCH3 is 2. The van der Waals surface area contributed by atoms with Gasteiger partial charge < -0.3 is 15.2 Å². The Balaban J connectivity index is 2.21. The van der Waals surface area contributed by atoms with Crippen molar-refractivity contribution in [2.75, 3.05) is 19.1 Å². The zero-order valence-corrected chi connectivity index (χ0v) is 13.8. The van der Waals surface area contributed by atoms with Crippen molar-refractivity contribution >= 4 is 34.7 Å².